The first kappa shape index (κ1) is 58.5. The molecule has 0 aliphatic carbocycles. The Kier molecular flexibility index (Phi) is 20.3. The second-order valence-corrected chi connectivity index (χ2v) is 13.0. The molecular weight excluding hydrogens is 965 g/mol. The lowest BCUT2D eigenvalue weighted by Crippen LogP contribution is -2.54. The van der Waals surface area contributed by atoms with Crippen LogP contribution in [0.1, 0.15) is 51.9 Å². The lowest BCUT2D eigenvalue weighted by atomic mass is 9.92. The summed E-state index contributed by atoms with van der Waals surface area (Å²) >= 11 is 5.35. The van der Waals surface area contributed by atoms with E-state index in [4.69, 9.17) is 27.7 Å². The topological polar surface area (TPSA) is 195 Å². The number of carboxylic acids is 1. The normalized spacial score (nSPS) is 13.4. The highest BCUT2D eigenvalue weighted by Gasteiger charge is 2.62. The fourth-order valence-electron chi connectivity index (χ4n) is 4.68. The Balaban J connectivity index is 0.000000471. The number of carbonyl (C=O) groups is 2. The van der Waals surface area contributed by atoms with Gasteiger partial charge in [-0.1, -0.05) is 79.7 Å². The molecule has 27 heteroatoms. The van der Waals surface area contributed by atoms with Crippen LogP contribution in [0, 0.1) is 11.3 Å². The fourth-order valence-corrected chi connectivity index (χ4v) is 4.82. The van der Waals surface area contributed by atoms with Gasteiger partial charge in [0.05, 0.1) is 22.3 Å². The predicted molar refractivity (Wildman–Crippen MR) is 204 cm³/mol. The minimum atomic E-state index is -5.34. The molecule has 3 heterocycles. The van der Waals surface area contributed by atoms with Crippen LogP contribution in [0.4, 0.5) is 65.9 Å². The number of carboxylic acid groups (broad SMARTS) is 1. The van der Waals surface area contributed by atoms with Gasteiger partial charge in [0.25, 0.3) is 17.1 Å². The maximum atomic E-state index is 13.3. The van der Waals surface area contributed by atoms with E-state index in [1.807, 2.05) is 0 Å². The molecule has 5 rings (SSSR count). The van der Waals surface area contributed by atoms with Crippen LogP contribution in [0.2, 0.25) is 5.15 Å². The van der Waals surface area contributed by atoms with Crippen molar-refractivity contribution in [2.75, 3.05) is 0 Å². The van der Waals surface area contributed by atoms with Crippen LogP contribution in [0.5, 0.6) is 0 Å². The quantitative estimate of drug-likeness (QED) is 0.0774. The SMILES string of the molecule is C.N#Cc1cc(C(F)(F)F)cnc1Cl.NCc1cncc(C(F)(F)F)c1.O=C(NCc1cncc(C(F)(F)F)c1)[C@](O)(c1ccccc1)C(F)(F)F.O=C(O)[C@](O)(c1ccccc1)C(F)(F)F. The van der Waals surface area contributed by atoms with Crippen LogP contribution in [-0.4, -0.2) is 54.5 Å². The Morgan fingerprint density at radius 3 is 1.37 bits per heavy atom. The van der Waals surface area contributed by atoms with E-state index < -0.39 is 88.3 Å². The van der Waals surface area contributed by atoms with Crippen molar-refractivity contribution in [3.63, 3.8) is 0 Å². The molecule has 0 saturated heterocycles. The molecule has 2 atom stereocenters. The van der Waals surface area contributed by atoms with Gasteiger partial charge in [0, 0.05) is 55.2 Å². The van der Waals surface area contributed by atoms with E-state index >= 15 is 0 Å². The summed E-state index contributed by atoms with van der Waals surface area (Å²) in [6, 6.07) is 15.1. The largest absolute Gasteiger partial charge is 0.479 e. The average Bonchev–Trinajstić information content (AvgIpc) is 3.24. The molecule has 2 aromatic carbocycles. The number of carbonyl (C=O) groups excluding carboxylic acids is 1. The highest BCUT2D eigenvalue weighted by atomic mass is 35.5. The third-order valence-electron chi connectivity index (χ3n) is 8.06. The van der Waals surface area contributed by atoms with Crippen LogP contribution in [0.25, 0.3) is 0 Å². The third kappa shape index (κ3) is 15.8. The molecule has 5 aromatic rings. The molecular formula is C40H32ClF15N6O5. The van der Waals surface area contributed by atoms with Crippen molar-refractivity contribution in [1.29, 1.82) is 5.26 Å². The minimum Gasteiger partial charge on any atom is -0.479 e. The summed E-state index contributed by atoms with van der Waals surface area (Å²) in [6.07, 6.45) is -19.9. The van der Waals surface area contributed by atoms with Crippen molar-refractivity contribution < 1.29 is 90.8 Å². The van der Waals surface area contributed by atoms with E-state index in [9.17, 15) is 85.7 Å². The van der Waals surface area contributed by atoms with Crippen LogP contribution in [-0.2, 0) is 52.4 Å². The van der Waals surface area contributed by atoms with Crippen molar-refractivity contribution in [1.82, 2.24) is 20.3 Å². The molecule has 11 nitrogen and oxygen atoms in total. The van der Waals surface area contributed by atoms with Crippen LogP contribution in [0.3, 0.4) is 0 Å². The second-order valence-electron chi connectivity index (χ2n) is 12.7. The summed E-state index contributed by atoms with van der Waals surface area (Å²) in [5.74, 6) is -4.16. The summed E-state index contributed by atoms with van der Waals surface area (Å²) in [5.41, 5.74) is -6.90. The number of hydrogen-bond donors (Lipinski definition) is 5. The molecule has 3 aromatic heterocycles. The van der Waals surface area contributed by atoms with E-state index in [1.54, 1.807) is 5.32 Å². The van der Waals surface area contributed by atoms with Gasteiger partial charge in [0.15, 0.2) is 0 Å². The number of nitriles is 1. The number of aliphatic carboxylic acids is 1. The summed E-state index contributed by atoms with van der Waals surface area (Å²) in [4.78, 5) is 32.5. The number of nitrogens with two attached hydrogens (primary N) is 1. The number of aliphatic hydroxyl groups is 2. The van der Waals surface area contributed by atoms with E-state index in [-0.39, 0.29) is 30.3 Å². The van der Waals surface area contributed by atoms with E-state index in [0.29, 0.717) is 30.1 Å². The van der Waals surface area contributed by atoms with Crippen LogP contribution in [0.15, 0.2) is 110 Å². The Hall–Kier alpha value is -6.56. The zero-order valence-corrected chi connectivity index (χ0v) is 33.1. The Labute approximate surface area is 373 Å². The number of hydrogen-bond acceptors (Lipinski definition) is 9. The Morgan fingerprint density at radius 2 is 1.00 bits per heavy atom. The minimum absolute atomic E-state index is 0. The molecule has 0 unspecified atom stereocenters. The molecule has 6 N–H and O–H groups in total. The van der Waals surface area contributed by atoms with Crippen molar-refractivity contribution in [3.05, 3.63) is 160 Å². The highest BCUT2D eigenvalue weighted by Crippen LogP contribution is 2.40. The first-order chi connectivity index (χ1) is 30.2. The van der Waals surface area contributed by atoms with Gasteiger partial charge in [-0.3, -0.25) is 14.8 Å². The van der Waals surface area contributed by atoms with Gasteiger partial charge in [-0.2, -0.15) is 71.1 Å². The van der Waals surface area contributed by atoms with Crippen LogP contribution < -0.4 is 11.1 Å². The van der Waals surface area contributed by atoms with Gasteiger partial charge >= 0.3 is 36.9 Å². The van der Waals surface area contributed by atoms with Crippen molar-refractivity contribution in [3.8, 4) is 6.07 Å². The molecule has 364 valence electrons. The summed E-state index contributed by atoms with van der Waals surface area (Å²) in [5, 5.41) is 37.6. The van der Waals surface area contributed by atoms with Crippen molar-refractivity contribution in [2.24, 2.45) is 5.73 Å². The van der Waals surface area contributed by atoms with E-state index in [0.717, 1.165) is 42.7 Å². The molecule has 0 saturated carbocycles. The number of halogens is 16. The van der Waals surface area contributed by atoms with Gasteiger partial charge in [-0.05, 0) is 29.3 Å². The fraction of sp³-hybridized carbons (Fsp3) is 0.250. The van der Waals surface area contributed by atoms with Gasteiger partial charge in [0.1, 0.15) is 11.2 Å². The maximum absolute atomic E-state index is 13.3. The molecule has 0 bridgehead atoms. The molecule has 0 radical (unpaired) electrons. The lowest BCUT2D eigenvalue weighted by Gasteiger charge is -2.29. The number of nitrogens with zero attached hydrogens (tertiary/aromatic N) is 4. The third-order valence-corrected chi connectivity index (χ3v) is 8.36. The van der Waals surface area contributed by atoms with Gasteiger partial charge in [0.2, 0.25) is 0 Å². The number of benzene rings is 2. The molecule has 0 aliphatic rings. The van der Waals surface area contributed by atoms with Crippen LogP contribution >= 0.6 is 11.6 Å². The van der Waals surface area contributed by atoms with E-state index in [1.165, 1.54) is 48.7 Å². The molecule has 0 aliphatic heterocycles. The monoisotopic (exact) mass is 996 g/mol. The summed E-state index contributed by atoms with van der Waals surface area (Å²) in [6.45, 7) is -0.613. The Bertz CT molecular complexity index is 2430. The maximum Gasteiger partial charge on any atom is 0.432 e. The number of aromatic nitrogens is 3. The zero-order chi connectivity index (χ0) is 50.5. The number of nitrogens with one attached hydrogen (secondary N) is 1. The highest BCUT2D eigenvalue weighted by molar-refractivity contribution is 6.30. The molecule has 0 fully saturated rings. The van der Waals surface area contributed by atoms with Crippen molar-refractivity contribution >= 4 is 23.5 Å². The lowest BCUT2D eigenvalue weighted by molar-refractivity contribution is -0.265. The molecule has 0 spiro atoms. The summed E-state index contributed by atoms with van der Waals surface area (Å²) in [7, 11) is 0. The first-order valence-electron chi connectivity index (χ1n) is 17.3. The number of alkyl halides is 15. The number of pyridine rings is 3. The smallest absolute Gasteiger partial charge is 0.432 e. The summed E-state index contributed by atoms with van der Waals surface area (Å²) < 4.78 is 187. The van der Waals surface area contributed by atoms with Gasteiger partial charge in [-0.15, -0.1) is 0 Å². The van der Waals surface area contributed by atoms with Gasteiger partial charge in [-0.25, -0.2) is 9.78 Å². The number of amides is 1. The predicted octanol–water partition coefficient (Wildman–Crippen LogP) is 9.51. The molecule has 1 amide bonds. The number of rotatable bonds is 7. The molecule has 67 heavy (non-hydrogen) atoms. The van der Waals surface area contributed by atoms with Gasteiger partial charge < -0.3 is 26.4 Å². The average molecular weight is 997 g/mol. The Morgan fingerprint density at radius 1 is 0.612 bits per heavy atom. The standard InChI is InChI=1S/C16H12F6N2O2.C9H7F3O3.C7H2ClF3N2.C7H7F3N2.CH4/c17-15(18,19)12-6-10(7-23-9-12)8-24-13(25)14(26,16(20,21)22)11-4-2-1-3-5-11;10-9(11,12)8(15,7(13)14)6-4-2-1-3-5-6;8-6-4(2-12)1-5(3-13-6)7(9,10)11;8-7(9,10)6-1-5(2-11)3-12-4-6;/h1-7,9,26H,8H2,(H,24,25);1-5,15H,(H,13,14);1,3H;1,3-4H,2,11H2;1H4/t14-;8-;;;/m11.../s1. The van der Waals surface area contributed by atoms with Crippen molar-refractivity contribution in [2.45, 2.75) is 62.6 Å². The second kappa shape index (κ2) is 23.3. The first-order valence-corrected chi connectivity index (χ1v) is 17.7. The van der Waals surface area contributed by atoms with E-state index in [2.05, 4.69) is 15.0 Å². The zero-order valence-electron chi connectivity index (χ0n) is 32.4.